The smallest absolute Gasteiger partial charge is 0.275 e. The van der Waals surface area contributed by atoms with Crippen LogP contribution in [0, 0.1) is 0 Å². The summed E-state index contributed by atoms with van der Waals surface area (Å²) in [5.74, 6) is 0.0843. The standard InChI is InChI=1S/C18H22ClN3O/c1-21-10-4-8-16(21)17-9-5-11-22(17)13-18(23)20-12-14-6-2-3-7-15(14)19/h2-4,6-8,10,17H,5,9,11-13H2,1H3,(H,20,23)/p+1/t17-/m0/s1. The minimum Gasteiger partial charge on any atom is -0.350 e. The highest BCUT2D eigenvalue weighted by Gasteiger charge is 2.32. The zero-order valence-corrected chi connectivity index (χ0v) is 14.1. The molecule has 1 unspecified atom stereocenters. The van der Waals surface area contributed by atoms with Gasteiger partial charge in [0.2, 0.25) is 0 Å². The maximum atomic E-state index is 12.3. The van der Waals surface area contributed by atoms with Gasteiger partial charge in [0.15, 0.2) is 6.54 Å². The van der Waals surface area contributed by atoms with Crippen LogP contribution in [0.15, 0.2) is 42.6 Å². The third-order valence-electron chi connectivity index (χ3n) is 4.65. The van der Waals surface area contributed by atoms with Gasteiger partial charge in [-0.3, -0.25) is 4.79 Å². The van der Waals surface area contributed by atoms with Crippen molar-refractivity contribution in [2.75, 3.05) is 13.1 Å². The van der Waals surface area contributed by atoms with E-state index >= 15 is 0 Å². The van der Waals surface area contributed by atoms with Gasteiger partial charge in [-0.25, -0.2) is 0 Å². The number of hydrogen-bond acceptors (Lipinski definition) is 1. The van der Waals surface area contributed by atoms with Crippen LogP contribution in [0.1, 0.15) is 30.1 Å². The number of likely N-dealkylation sites (tertiary alicyclic amines) is 1. The molecule has 0 aliphatic carbocycles. The summed E-state index contributed by atoms with van der Waals surface area (Å²) in [6.07, 6.45) is 4.39. The van der Waals surface area contributed by atoms with Crippen LogP contribution in [-0.2, 0) is 18.4 Å². The van der Waals surface area contributed by atoms with E-state index < -0.39 is 0 Å². The molecule has 2 atom stereocenters. The van der Waals surface area contributed by atoms with Crippen molar-refractivity contribution in [3.63, 3.8) is 0 Å². The molecular weight excluding hydrogens is 310 g/mol. The Bertz CT molecular complexity index is 682. The fourth-order valence-electron chi connectivity index (χ4n) is 3.42. The first kappa shape index (κ1) is 16.1. The molecule has 1 aromatic carbocycles. The minimum atomic E-state index is 0.0843. The number of rotatable bonds is 5. The largest absolute Gasteiger partial charge is 0.350 e. The number of aryl methyl sites for hydroxylation is 1. The monoisotopic (exact) mass is 332 g/mol. The minimum absolute atomic E-state index is 0.0843. The number of quaternary nitrogens is 1. The number of nitrogens with one attached hydrogen (secondary N) is 2. The second-order valence-corrected chi connectivity index (χ2v) is 6.60. The van der Waals surface area contributed by atoms with Crippen molar-refractivity contribution in [2.45, 2.75) is 25.4 Å². The van der Waals surface area contributed by atoms with Gasteiger partial charge in [-0.2, -0.15) is 0 Å². The van der Waals surface area contributed by atoms with Gasteiger partial charge in [-0.1, -0.05) is 29.8 Å². The quantitative estimate of drug-likeness (QED) is 0.859. The number of hydrogen-bond donors (Lipinski definition) is 2. The van der Waals surface area contributed by atoms with Crippen LogP contribution in [0.4, 0.5) is 0 Å². The van der Waals surface area contributed by atoms with Crippen LogP contribution in [-0.4, -0.2) is 23.6 Å². The zero-order chi connectivity index (χ0) is 16.2. The Kier molecular flexibility index (Phi) is 5.03. The summed E-state index contributed by atoms with van der Waals surface area (Å²) >= 11 is 6.13. The lowest BCUT2D eigenvalue weighted by Crippen LogP contribution is -3.11. The molecule has 1 amide bonds. The molecular formula is C18H23ClN3O+. The molecule has 0 spiro atoms. The van der Waals surface area contributed by atoms with Crippen molar-refractivity contribution >= 4 is 17.5 Å². The highest BCUT2D eigenvalue weighted by molar-refractivity contribution is 6.31. The van der Waals surface area contributed by atoms with E-state index in [0.29, 0.717) is 24.2 Å². The Hall–Kier alpha value is -1.78. The SMILES string of the molecule is Cn1cccc1[C@@H]1CCC[NH+]1CC(=O)NCc1ccccc1Cl. The van der Waals surface area contributed by atoms with Crippen LogP contribution in [0.3, 0.4) is 0 Å². The molecule has 1 fully saturated rings. The van der Waals surface area contributed by atoms with E-state index in [4.69, 9.17) is 11.6 Å². The van der Waals surface area contributed by atoms with Crippen LogP contribution in [0.25, 0.3) is 0 Å². The Morgan fingerprint density at radius 2 is 2.17 bits per heavy atom. The fourth-order valence-corrected chi connectivity index (χ4v) is 3.62. The predicted molar refractivity (Wildman–Crippen MR) is 91.4 cm³/mol. The lowest BCUT2D eigenvalue weighted by atomic mass is 10.1. The maximum absolute atomic E-state index is 12.3. The zero-order valence-electron chi connectivity index (χ0n) is 13.4. The second kappa shape index (κ2) is 7.20. The number of halogens is 1. The lowest BCUT2D eigenvalue weighted by Gasteiger charge is -2.21. The number of amides is 1. The number of aromatic nitrogens is 1. The molecule has 2 aromatic rings. The summed E-state index contributed by atoms with van der Waals surface area (Å²) in [7, 11) is 2.07. The lowest BCUT2D eigenvalue weighted by molar-refractivity contribution is -0.911. The summed E-state index contributed by atoms with van der Waals surface area (Å²) in [5.41, 5.74) is 2.27. The first-order chi connectivity index (χ1) is 11.1. The molecule has 2 N–H and O–H groups in total. The molecule has 5 heteroatoms. The van der Waals surface area contributed by atoms with E-state index in [1.807, 2.05) is 24.3 Å². The molecule has 23 heavy (non-hydrogen) atoms. The third-order valence-corrected chi connectivity index (χ3v) is 5.01. The number of nitrogens with zero attached hydrogens (tertiary/aromatic N) is 1. The van der Waals surface area contributed by atoms with Crippen molar-refractivity contribution in [2.24, 2.45) is 7.05 Å². The van der Waals surface area contributed by atoms with Gasteiger partial charge in [-0.05, 0) is 23.8 Å². The predicted octanol–water partition coefficient (Wildman–Crippen LogP) is 1.71. The molecule has 122 valence electrons. The Morgan fingerprint density at radius 3 is 2.91 bits per heavy atom. The molecule has 2 heterocycles. The summed E-state index contributed by atoms with van der Waals surface area (Å²) in [5, 5.41) is 3.69. The number of benzene rings is 1. The van der Waals surface area contributed by atoms with E-state index in [9.17, 15) is 4.79 Å². The van der Waals surface area contributed by atoms with E-state index in [1.54, 1.807) is 0 Å². The van der Waals surface area contributed by atoms with Crippen molar-refractivity contribution in [3.05, 3.63) is 58.9 Å². The molecule has 3 rings (SSSR count). The van der Waals surface area contributed by atoms with Gasteiger partial charge in [0.1, 0.15) is 6.04 Å². The van der Waals surface area contributed by atoms with Crippen molar-refractivity contribution < 1.29 is 9.69 Å². The van der Waals surface area contributed by atoms with Crippen LogP contribution in [0.5, 0.6) is 0 Å². The summed E-state index contributed by atoms with van der Waals surface area (Å²) < 4.78 is 2.16. The van der Waals surface area contributed by atoms with Crippen molar-refractivity contribution in [3.8, 4) is 0 Å². The Balaban J connectivity index is 1.57. The van der Waals surface area contributed by atoms with E-state index in [2.05, 4.69) is 35.3 Å². The van der Waals surface area contributed by atoms with Gasteiger partial charge >= 0.3 is 0 Å². The van der Waals surface area contributed by atoms with Gasteiger partial charge in [0, 0.05) is 37.7 Å². The summed E-state index contributed by atoms with van der Waals surface area (Å²) in [6, 6.07) is 12.3. The van der Waals surface area contributed by atoms with Gasteiger partial charge in [0.05, 0.1) is 12.2 Å². The van der Waals surface area contributed by atoms with Gasteiger partial charge in [0.25, 0.3) is 5.91 Å². The summed E-state index contributed by atoms with van der Waals surface area (Å²) in [6.45, 7) is 2.05. The van der Waals surface area contributed by atoms with E-state index in [1.165, 1.54) is 17.0 Å². The number of carbonyl (C=O) groups excluding carboxylic acids is 1. The van der Waals surface area contributed by atoms with Gasteiger partial charge in [-0.15, -0.1) is 0 Å². The molecule has 1 aliphatic heterocycles. The maximum Gasteiger partial charge on any atom is 0.275 e. The molecule has 0 radical (unpaired) electrons. The highest BCUT2D eigenvalue weighted by Crippen LogP contribution is 2.19. The van der Waals surface area contributed by atoms with Crippen molar-refractivity contribution in [1.29, 1.82) is 0 Å². The highest BCUT2D eigenvalue weighted by atomic mass is 35.5. The van der Waals surface area contributed by atoms with E-state index in [-0.39, 0.29) is 5.91 Å². The van der Waals surface area contributed by atoms with Crippen molar-refractivity contribution in [1.82, 2.24) is 9.88 Å². The molecule has 0 bridgehead atoms. The van der Waals surface area contributed by atoms with E-state index in [0.717, 1.165) is 18.5 Å². The number of carbonyl (C=O) groups is 1. The fraction of sp³-hybridized carbons (Fsp3) is 0.389. The van der Waals surface area contributed by atoms with Crippen LogP contribution < -0.4 is 10.2 Å². The first-order valence-corrected chi connectivity index (χ1v) is 8.49. The molecule has 1 saturated heterocycles. The first-order valence-electron chi connectivity index (χ1n) is 8.11. The average molecular weight is 333 g/mol. The summed E-state index contributed by atoms with van der Waals surface area (Å²) in [4.78, 5) is 13.7. The third kappa shape index (κ3) is 3.77. The average Bonchev–Trinajstić information content (AvgIpc) is 3.15. The van der Waals surface area contributed by atoms with Crippen LogP contribution >= 0.6 is 11.6 Å². The Labute approximate surface area is 142 Å². The van der Waals surface area contributed by atoms with Gasteiger partial charge < -0.3 is 14.8 Å². The second-order valence-electron chi connectivity index (χ2n) is 6.19. The molecule has 1 aromatic heterocycles. The molecule has 0 saturated carbocycles. The molecule has 4 nitrogen and oxygen atoms in total. The topological polar surface area (TPSA) is 38.5 Å². The molecule has 1 aliphatic rings. The Morgan fingerprint density at radius 1 is 1.35 bits per heavy atom. The van der Waals surface area contributed by atoms with Crippen LogP contribution in [0.2, 0.25) is 5.02 Å². The normalized spacial score (nSPS) is 20.6.